The predicted octanol–water partition coefficient (Wildman–Crippen LogP) is 3.26. The lowest BCUT2D eigenvalue weighted by Gasteiger charge is -2.22. The summed E-state index contributed by atoms with van der Waals surface area (Å²) in [5.74, 6) is -0.304. The molecule has 1 amide bonds. The second kappa shape index (κ2) is 5.43. The van der Waals surface area contributed by atoms with Gasteiger partial charge in [-0.05, 0) is 43.7 Å². The van der Waals surface area contributed by atoms with Crippen molar-refractivity contribution in [2.75, 3.05) is 11.1 Å². The van der Waals surface area contributed by atoms with Crippen LogP contribution < -0.4 is 5.32 Å². The number of thioether (sulfide) groups is 1. The Balaban J connectivity index is 2.25. The van der Waals surface area contributed by atoms with Crippen LogP contribution in [-0.4, -0.2) is 27.5 Å². The molecule has 1 aliphatic rings. The molecule has 1 atom stereocenters. The topological polar surface area (TPSA) is 66.4 Å². The minimum atomic E-state index is -1.09. The van der Waals surface area contributed by atoms with Crippen LogP contribution in [0.25, 0.3) is 0 Å². The van der Waals surface area contributed by atoms with Crippen molar-refractivity contribution in [1.82, 2.24) is 0 Å². The van der Waals surface area contributed by atoms with Gasteiger partial charge in [-0.1, -0.05) is 11.6 Å². The van der Waals surface area contributed by atoms with Gasteiger partial charge in [0.05, 0.1) is 16.0 Å². The Labute approximate surface area is 120 Å². The first-order valence-corrected chi connectivity index (χ1v) is 7.27. The number of carboxylic acids is 1. The first-order chi connectivity index (χ1) is 8.92. The zero-order chi connectivity index (χ0) is 14.0. The molecule has 1 aliphatic heterocycles. The number of hydrogen-bond donors (Lipinski definition) is 2. The number of carboxylic acid groups (broad SMARTS) is 1. The molecule has 1 heterocycles. The summed E-state index contributed by atoms with van der Waals surface area (Å²) in [4.78, 5) is 23.4. The second-order valence-corrected chi connectivity index (χ2v) is 6.67. The van der Waals surface area contributed by atoms with Crippen molar-refractivity contribution in [1.29, 1.82) is 0 Å². The Kier molecular flexibility index (Phi) is 4.06. The summed E-state index contributed by atoms with van der Waals surface area (Å²) >= 11 is 7.45. The number of amides is 1. The van der Waals surface area contributed by atoms with Crippen molar-refractivity contribution in [2.45, 2.75) is 24.5 Å². The molecule has 1 aromatic rings. The molecule has 2 N–H and O–H groups in total. The lowest BCUT2D eigenvalue weighted by Crippen LogP contribution is -2.35. The molecular formula is C13H14ClNO3S. The molecule has 6 heteroatoms. The largest absolute Gasteiger partial charge is 0.478 e. The van der Waals surface area contributed by atoms with Gasteiger partial charge in [-0.15, -0.1) is 11.8 Å². The first-order valence-electron chi connectivity index (χ1n) is 5.91. The monoisotopic (exact) mass is 299 g/mol. The molecule has 0 aliphatic carbocycles. The highest BCUT2D eigenvalue weighted by Gasteiger charge is 2.37. The molecule has 4 nitrogen and oxygen atoms in total. The first kappa shape index (κ1) is 14.2. The third kappa shape index (κ3) is 3.04. The van der Waals surface area contributed by atoms with E-state index in [0.717, 1.165) is 18.6 Å². The Morgan fingerprint density at radius 3 is 2.79 bits per heavy atom. The van der Waals surface area contributed by atoms with Crippen LogP contribution in [0.2, 0.25) is 5.02 Å². The van der Waals surface area contributed by atoms with Crippen LogP contribution >= 0.6 is 23.4 Å². The molecule has 1 fully saturated rings. The van der Waals surface area contributed by atoms with Gasteiger partial charge in [0.2, 0.25) is 5.91 Å². The lowest BCUT2D eigenvalue weighted by molar-refractivity contribution is -0.118. The highest BCUT2D eigenvalue weighted by atomic mass is 35.5. The lowest BCUT2D eigenvalue weighted by atomic mass is 10.0. The Hall–Kier alpha value is -1.20. The number of rotatable bonds is 3. The zero-order valence-electron chi connectivity index (χ0n) is 10.4. The third-order valence-corrected chi connectivity index (χ3v) is 4.91. The Bertz CT molecular complexity index is 527. The van der Waals surface area contributed by atoms with Gasteiger partial charge in [0.1, 0.15) is 0 Å². The van der Waals surface area contributed by atoms with E-state index in [4.69, 9.17) is 16.7 Å². The summed E-state index contributed by atoms with van der Waals surface area (Å²) in [6.45, 7) is 1.88. The van der Waals surface area contributed by atoms with E-state index in [1.54, 1.807) is 11.8 Å². The van der Waals surface area contributed by atoms with Crippen LogP contribution in [0.5, 0.6) is 0 Å². The number of nitrogens with one attached hydrogen (secondary N) is 1. The minimum Gasteiger partial charge on any atom is -0.478 e. The summed E-state index contributed by atoms with van der Waals surface area (Å²) in [5, 5.41) is 12.2. The molecule has 0 aromatic heterocycles. The fraction of sp³-hybridized carbons (Fsp3) is 0.385. The number of aromatic carboxylic acids is 1. The van der Waals surface area contributed by atoms with Gasteiger partial charge in [0.15, 0.2) is 0 Å². The maximum Gasteiger partial charge on any atom is 0.337 e. The van der Waals surface area contributed by atoms with Crippen molar-refractivity contribution in [3.63, 3.8) is 0 Å². The molecule has 0 bridgehead atoms. The summed E-state index contributed by atoms with van der Waals surface area (Å²) in [6, 6.07) is 4.35. The zero-order valence-corrected chi connectivity index (χ0v) is 12.0. The van der Waals surface area contributed by atoms with Crippen LogP contribution in [0.15, 0.2) is 18.2 Å². The quantitative estimate of drug-likeness (QED) is 0.899. The standard InChI is InChI=1S/C13H14ClNO3S/c1-13(5-2-6-19-13)12(18)15-10-7-8(14)3-4-9(10)11(16)17/h3-4,7H,2,5-6H2,1H3,(H,15,18)(H,16,17). The molecule has 0 radical (unpaired) electrons. The predicted molar refractivity (Wildman–Crippen MR) is 77.1 cm³/mol. The SMILES string of the molecule is CC1(C(=O)Nc2cc(Cl)ccc2C(=O)O)CCCS1. The van der Waals surface area contributed by atoms with Crippen LogP contribution in [0.4, 0.5) is 5.69 Å². The van der Waals surface area contributed by atoms with E-state index < -0.39 is 10.7 Å². The molecular weight excluding hydrogens is 286 g/mol. The van der Waals surface area contributed by atoms with Crippen molar-refractivity contribution in [3.05, 3.63) is 28.8 Å². The normalized spacial score (nSPS) is 22.2. The third-order valence-electron chi connectivity index (χ3n) is 3.16. The Morgan fingerprint density at radius 1 is 1.47 bits per heavy atom. The van der Waals surface area contributed by atoms with Crippen LogP contribution in [0, 0.1) is 0 Å². The molecule has 0 saturated carbocycles. The van der Waals surface area contributed by atoms with Gasteiger partial charge < -0.3 is 10.4 Å². The second-order valence-electron chi connectivity index (χ2n) is 4.63. The molecule has 102 valence electrons. The molecule has 1 unspecified atom stereocenters. The number of hydrogen-bond acceptors (Lipinski definition) is 3. The molecule has 0 spiro atoms. The highest BCUT2D eigenvalue weighted by Crippen LogP contribution is 2.38. The molecule has 1 saturated heterocycles. The van der Waals surface area contributed by atoms with Crippen LogP contribution in [0.3, 0.4) is 0 Å². The van der Waals surface area contributed by atoms with E-state index in [0.29, 0.717) is 5.02 Å². The summed E-state index contributed by atoms with van der Waals surface area (Å²) < 4.78 is -0.488. The van der Waals surface area contributed by atoms with Crippen molar-refractivity contribution >= 4 is 40.9 Å². The number of carbonyl (C=O) groups excluding carboxylic acids is 1. The van der Waals surface area contributed by atoms with Gasteiger partial charge in [-0.2, -0.15) is 0 Å². The number of halogens is 1. The minimum absolute atomic E-state index is 0.0457. The van der Waals surface area contributed by atoms with Crippen molar-refractivity contribution in [3.8, 4) is 0 Å². The van der Waals surface area contributed by atoms with E-state index in [1.165, 1.54) is 18.2 Å². The van der Waals surface area contributed by atoms with E-state index in [9.17, 15) is 9.59 Å². The maximum atomic E-state index is 12.3. The number of benzene rings is 1. The van der Waals surface area contributed by atoms with Crippen LogP contribution in [0.1, 0.15) is 30.1 Å². The average molecular weight is 300 g/mol. The smallest absolute Gasteiger partial charge is 0.337 e. The maximum absolute atomic E-state index is 12.3. The summed E-state index contributed by atoms with van der Waals surface area (Å²) in [5.41, 5.74) is 0.295. The van der Waals surface area contributed by atoms with Gasteiger partial charge in [-0.3, -0.25) is 4.79 Å². The summed E-state index contributed by atoms with van der Waals surface area (Å²) in [6.07, 6.45) is 1.79. The molecule has 19 heavy (non-hydrogen) atoms. The fourth-order valence-corrected chi connectivity index (χ4v) is 3.40. The number of carbonyl (C=O) groups is 2. The van der Waals surface area contributed by atoms with E-state index in [-0.39, 0.29) is 17.2 Å². The van der Waals surface area contributed by atoms with E-state index in [1.807, 2.05) is 6.92 Å². The highest BCUT2D eigenvalue weighted by molar-refractivity contribution is 8.01. The van der Waals surface area contributed by atoms with Gasteiger partial charge in [0, 0.05) is 5.02 Å². The van der Waals surface area contributed by atoms with Crippen LogP contribution in [-0.2, 0) is 4.79 Å². The average Bonchev–Trinajstić information content (AvgIpc) is 2.77. The molecule has 2 rings (SSSR count). The van der Waals surface area contributed by atoms with Gasteiger partial charge >= 0.3 is 5.97 Å². The Morgan fingerprint density at radius 2 is 2.21 bits per heavy atom. The van der Waals surface area contributed by atoms with Gasteiger partial charge in [-0.25, -0.2) is 4.79 Å². The van der Waals surface area contributed by atoms with E-state index >= 15 is 0 Å². The summed E-state index contributed by atoms with van der Waals surface area (Å²) in [7, 11) is 0. The van der Waals surface area contributed by atoms with Gasteiger partial charge in [0.25, 0.3) is 0 Å². The van der Waals surface area contributed by atoms with E-state index in [2.05, 4.69) is 5.32 Å². The fourth-order valence-electron chi connectivity index (χ4n) is 2.02. The molecule has 1 aromatic carbocycles. The number of anilines is 1. The van der Waals surface area contributed by atoms with Crippen molar-refractivity contribution in [2.24, 2.45) is 0 Å². The van der Waals surface area contributed by atoms with Crippen molar-refractivity contribution < 1.29 is 14.7 Å².